The molecule has 0 spiro atoms. The largest absolute Gasteiger partial charge is 0.495 e. The summed E-state index contributed by atoms with van der Waals surface area (Å²) in [4.78, 5) is 18.9. The summed E-state index contributed by atoms with van der Waals surface area (Å²) in [5.41, 5.74) is 2.08. The highest BCUT2D eigenvalue weighted by molar-refractivity contribution is 7.39. The van der Waals surface area contributed by atoms with Gasteiger partial charge in [0.15, 0.2) is 0 Å². The van der Waals surface area contributed by atoms with Crippen molar-refractivity contribution < 1.29 is 23.8 Å². The molecule has 5 nitrogen and oxygen atoms in total. The van der Waals surface area contributed by atoms with Gasteiger partial charge in [-0.2, -0.15) is 0 Å². The smallest absolute Gasteiger partial charge is 0.327 e. The SMILES string of the molecule is COc1c(Cl)ccc2c1-c1c(ccc(Cl)c1OC)[C@](C)(OP(O)O)C2. The van der Waals surface area contributed by atoms with Crippen LogP contribution in [0, 0.1) is 0 Å². The maximum Gasteiger partial charge on any atom is 0.327 e. The van der Waals surface area contributed by atoms with Crippen LogP contribution in [0.1, 0.15) is 18.1 Å². The van der Waals surface area contributed by atoms with Crippen LogP contribution in [0.5, 0.6) is 11.5 Å². The van der Waals surface area contributed by atoms with Gasteiger partial charge in [-0.05, 0) is 30.2 Å². The van der Waals surface area contributed by atoms with Gasteiger partial charge in [0.2, 0.25) is 0 Å². The third-order valence-corrected chi connectivity index (χ3v) is 5.51. The summed E-state index contributed by atoms with van der Waals surface area (Å²) in [6.45, 7) is 1.80. The van der Waals surface area contributed by atoms with Crippen molar-refractivity contribution in [2.24, 2.45) is 0 Å². The minimum Gasteiger partial charge on any atom is -0.495 e. The predicted octanol–water partition coefficient (Wildman–Crippen LogP) is 4.68. The highest BCUT2D eigenvalue weighted by Crippen LogP contribution is 2.56. The molecule has 0 fully saturated rings. The Morgan fingerprint density at radius 1 is 0.960 bits per heavy atom. The first-order chi connectivity index (χ1) is 11.8. The van der Waals surface area contributed by atoms with E-state index in [0.717, 1.165) is 16.7 Å². The van der Waals surface area contributed by atoms with Crippen molar-refractivity contribution >= 4 is 31.8 Å². The van der Waals surface area contributed by atoms with E-state index in [1.807, 2.05) is 6.07 Å². The van der Waals surface area contributed by atoms with Gasteiger partial charge in [-0.1, -0.05) is 35.3 Å². The normalized spacial score (nSPS) is 18.7. The third-order valence-electron chi connectivity index (χ3n) is 4.34. The van der Waals surface area contributed by atoms with E-state index in [-0.39, 0.29) is 0 Å². The zero-order valence-corrected chi connectivity index (χ0v) is 16.2. The molecule has 2 N–H and O–H groups in total. The fourth-order valence-electron chi connectivity index (χ4n) is 3.38. The standard InChI is InChI=1S/C17H17Cl2O5P/c1-17(24-25(20)21)8-9-4-6-11(18)15(22-2)13(9)14-10(17)5-7-12(19)16(14)23-3/h4-7,20-21H,8H2,1-3H3/t17-/m1/s1. The third kappa shape index (κ3) is 3.10. The molecule has 0 saturated heterocycles. The minimum atomic E-state index is -2.56. The van der Waals surface area contributed by atoms with E-state index >= 15 is 0 Å². The summed E-state index contributed by atoms with van der Waals surface area (Å²) < 4.78 is 16.6. The van der Waals surface area contributed by atoms with Gasteiger partial charge in [0, 0.05) is 17.5 Å². The Labute approximate surface area is 157 Å². The Hall–Kier alpha value is -1.07. The van der Waals surface area contributed by atoms with Gasteiger partial charge in [0.05, 0.1) is 24.3 Å². The fourth-order valence-corrected chi connectivity index (χ4v) is 4.38. The zero-order valence-electron chi connectivity index (χ0n) is 13.8. The maximum atomic E-state index is 9.46. The Kier molecular flexibility index (Phi) is 5.18. The molecular formula is C17H17Cl2O5P. The van der Waals surface area contributed by atoms with Gasteiger partial charge in [-0.3, -0.25) is 0 Å². The Morgan fingerprint density at radius 2 is 1.52 bits per heavy atom. The quantitative estimate of drug-likeness (QED) is 0.726. The van der Waals surface area contributed by atoms with Crippen LogP contribution in [0.25, 0.3) is 11.1 Å². The molecule has 0 heterocycles. The topological polar surface area (TPSA) is 68.2 Å². The van der Waals surface area contributed by atoms with Crippen LogP contribution in [-0.4, -0.2) is 24.0 Å². The monoisotopic (exact) mass is 402 g/mol. The molecule has 1 aliphatic carbocycles. The van der Waals surface area contributed by atoms with Crippen LogP contribution in [0.3, 0.4) is 0 Å². The number of benzene rings is 2. The van der Waals surface area contributed by atoms with Crippen LogP contribution in [0.4, 0.5) is 0 Å². The maximum absolute atomic E-state index is 9.46. The number of hydrogen-bond donors (Lipinski definition) is 2. The van der Waals surface area contributed by atoms with Crippen molar-refractivity contribution in [1.29, 1.82) is 0 Å². The van der Waals surface area contributed by atoms with Crippen molar-refractivity contribution in [3.8, 4) is 22.6 Å². The summed E-state index contributed by atoms with van der Waals surface area (Å²) in [6.07, 6.45) is 0.410. The molecule has 3 rings (SSSR count). The summed E-state index contributed by atoms with van der Waals surface area (Å²) in [6, 6.07) is 7.09. The summed E-state index contributed by atoms with van der Waals surface area (Å²) >= 11 is 12.6. The lowest BCUT2D eigenvalue weighted by molar-refractivity contribution is 0.0689. The highest BCUT2D eigenvalue weighted by Gasteiger charge is 2.41. The second-order valence-corrected chi connectivity index (χ2v) is 7.37. The Bertz CT molecular complexity index is 827. The van der Waals surface area contributed by atoms with Crippen LogP contribution >= 0.6 is 31.8 Å². The summed E-state index contributed by atoms with van der Waals surface area (Å²) in [7, 11) is 0.513. The average molecular weight is 403 g/mol. The molecule has 0 aromatic heterocycles. The first kappa shape index (κ1) is 18.7. The second-order valence-electron chi connectivity index (χ2n) is 5.87. The molecule has 134 valence electrons. The van der Waals surface area contributed by atoms with Crippen molar-refractivity contribution in [3.63, 3.8) is 0 Å². The van der Waals surface area contributed by atoms with E-state index in [1.54, 1.807) is 32.2 Å². The molecule has 0 bridgehead atoms. The number of ether oxygens (including phenoxy) is 2. The van der Waals surface area contributed by atoms with Gasteiger partial charge in [0.1, 0.15) is 17.1 Å². The molecule has 0 radical (unpaired) electrons. The minimum absolute atomic E-state index is 0.410. The molecule has 0 amide bonds. The van der Waals surface area contributed by atoms with E-state index in [9.17, 15) is 9.79 Å². The zero-order chi connectivity index (χ0) is 18.4. The number of halogens is 2. The van der Waals surface area contributed by atoms with Crippen LogP contribution in [0.15, 0.2) is 24.3 Å². The van der Waals surface area contributed by atoms with Gasteiger partial charge >= 0.3 is 8.60 Å². The van der Waals surface area contributed by atoms with Gasteiger partial charge in [0.25, 0.3) is 0 Å². The first-order valence-corrected chi connectivity index (χ1v) is 9.34. The average Bonchev–Trinajstić information content (AvgIpc) is 2.54. The Balaban J connectivity index is 2.39. The van der Waals surface area contributed by atoms with Gasteiger partial charge in [-0.25, -0.2) is 0 Å². The molecule has 8 heteroatoms. The van der Waals surface area contributed by atoms with E-state index in [1.165, 1.54) is 7.11 Å². The molecule has 2 aromatic rings. The van der Waals surface area contributed by atoms with Crippen LogP contribution in [0.2, 0.25) is 10.0 Å². The summed E-state index contributed by atoms with van der Waals surface area (Å²) in [5.74, 6) is 0.967. The van der Waals surface area contributed by atoms with Gasteiger partial charge in [-0.15, -0.1) is 0 Å². The molecule has 2 aromatic carbocycles. The van der Waals surface area contributed by atoms with E-state index in [4.69, 9.17) is 37.2 Å². The molecule has 1 aliphatic rings. The van der Waals surface area contributed by atoms with Gasteiger partial charge < -0.3 is 23.8 Å². The molecular weight excluding hydrogens is 386 g/mol. The lowest BCUT2D eigenvalue weighted by Crippen LogP contribution is -2.31. The lowest BCUT2D eigenvalue weighted by atomic mass is 9.76. The lowest BCUT2D eigenvalue weighted by Gasteiger charge is -2.38. The van der Waals surface area contributed by atoms with E-state index < -0.39 is 14.2 Å². The first-order valence-electron chi connectivity index (χ1n) is 7.42. The van der Waals surface area contributed by atoms with E-state index in [0.29, 0.717) is 33.5 Å². The summed E-state index contributed by atoms with van der Waals surface area (Å²) in [5, 5.41) is 0.888. The van der Waals surface area contributed by atoms with Crippen molar-refractivity contribution in [3.05, 3.63) is 45.4 Å². The molecule has 0 unspecified atom stereocenters. The van der Waals surface area contributed by atoms with Crippen molar-refractivity contribution in [2.75, 3.05) is 14.2 Å². The van der Waals surface area contributed by atoms with Crippen molar-refractivity contribution in [2.45, 2.75) is 18.9 Å². The number of methoxy groups -OCH3 is 2. The number of fused-ring (bicyclic) bond motifs is 3. The molecule has 0 aliphatic heterocycles. The second kappa shape index (κ2) is 6.92. The predicted molar refractivity (Wildman–Crippen MR) is 98.5 cm³/mol. The van der Waals surface area contributed by atoms with E-state index in [2.05, 4.69) is 0 Å². The molecule has 0 saturated carbocycles. The molecule has 1 atom stereocenters. The number of rotatable bonds is 4. The fraction of sp³-hybridized carbons (Fsp3) is 0.294. The highest BCUT2D eigenvalue weighted by atomic mass is 35.5. The van der Waals surface area contributed by atoms with Crippen molar-refractivity contribution in [1.82, 2.24) is 0 Å². The van der Waals surface area contributed by atoms with Crippen LogP contribution < -0.4 is 9.47 Å². The number of hydrogen-bond acceptors (Lipinski definition) is 5. The Morgan fingerprint density at radius 3 is 2.08 bits per heavy atom. The molecule has 25 heavy (non-hydrogen) atoms. The van der Waals surface area contributed by atoms with Crippen LogP contribution in [-0.2, 0) is 16.5 Å².